The largest absolute Gasteiger partial charge is 0.369 e. The first-order valence-corrected chi connectivity index (χ1v) is 16.7. The third kappa shape index (κ3) is 8.12. The van der Waals surface area contributed by atoms with Crippen LogP contribution >= 0.6 is 0 Å². The summed E-state index contributed by atoms with van der Waals surface area (Å²) in [4.78, 5) is 16.1. The Morgan fingerprint density at radius 2 is 1.16 bits per heavy atom. The Morgan fingerprint density at radius 1 is 0.720 bits per heavy atom. The fraction of sp³-hybridized carbons (Fsp3) is 0.244. The molecule has 1 fully saturated rings. The zero-order chi connectivity index (χ0) is 34.6. The summed E-state index contributed by atoms with van der Waals surface area (Å²) in [5.41, 5.74) is 11.4. The molecule has 6 rings (SSSR count). The van der Waals surface area contributed by atoms with Gasteiger partial charge >= 0.3 is 0 Å². The summed E-state index contributed by atoms with van der Waals surface area (Å²) in [6, 6.07) is 48.1. The average Bonchev–Trinajstić information content (AvgIpc) is 3.17. The number of benzene rings is 5. The summed E-state index contributed by atoms with van der Waals surface area (Å²) >= 11 is 0. The van der Waals surface area contributed by atoms with E-state index in [1.807, 2.05) is 152 Å². The van der Waals surface area contributed by atoms with E-state index >= 15 is 0 Å². The van der Waals surface area contributed by atoms with E-state index in [9.17, 15) is 4.79 Å². The summed E-state index contributed by atoms with van der Waals surface area (Å²) in [7, 11) is 0. The van der Waals surface area contributed by atoms with Crippen LogP contribution in [0.3, 0.4) is 0 Å². The second-order valence-electron chi connectivity index (χ2n) is 12.1. The van der Waals surface area contributed by atoms with Gasteiger partial charge in [-0.1, -0.05) is 152 Å². The van der Waals surface area contributed by atoms with Crippen LogP contribution in [0.25, 0.3) is 0 Å². The summed E-state index contributed by atoms with van der Waals surface area (Å²) in [6.45, 7) is 1.91. The van der Waals surface area contributed by atoms with E-state index in [0.29, 0.717) is 0 Å². The van der Waals surface area contributed by atoms with Crippen LogP contribution in [-0.2, 0) is 42.6 Å². The van der Waals surface area contributed by atoms with Crippen molar-refractivity contribution in [3.63, 3.8) is 0 Å². The van der Waals surface area contributed by atoms with Crippen molar-refractivity contribution >= 4 is 5.91 Å². The topological polar surface area (TPSA) is 116 Å². The van der Waals surface area contributed by atoms with Crippen molar-refractivity contribution in [1.82, 2.24) is 10.2 Å². The van der Waals surface area contributed by atoms with Crippen molar-refractivity contribution in [1.29, 1.82) is 5.53 Å². The van der Waals surface area contributed by atoms with Crippen LogP contribution < -0.4 is 10.2 Å². The first-order valence-electron chi connectivity index (χ1n) is 16.7. The van der Waals surface area contributed by atoms with E-state index in [0.717, 1.165) is 27.8 Å². The number of hydrogen-bond acceptors (Lipinski definition) is 7. The Hall–Kier alpha value is -5.28. The lowest BCUT2D eigenvalue weighted by molar-refractivity contribution is -0.261. The van der Waals surface area contributed by atoms with Gasteiger partial charge in [-0.15, -0.1) is 0 Å². The minimum absolute atomic E-state index is 0.0194. The van der Waals surface area contributed by atoms with E-state index < -0.39 is 36.2 Å². The van der Waals surface area contributed by atoms with Crippen molar-refractivity contribution in [2.24, 2.45) is 5.11 Å². The van der Waals surface area contributed by atoms with Crippen LogP contribution in [0.4, 0.5) is 0 Å². The Morgan fingerprint density at radius 3 is 1.60 bits per heavy atom. The number of carbonyl (C=O) groups excluding carboxylic acids is 1. The Bertz CT molecular complexity index is 1730. The van der Waals surface area contributed by atoms with Gasteiger partial charge in [-0.05, 0) is 27.8 Å². The van der Waals surface area contributed by atoms with E-state index in [-0.39, 0.29) is 25.7 Å². The van der Waals surface area contributed by atoms with E-state index in [2.05, 4.69) is 15.3 Å². The van der Waals surface area contributed by atoms with Crippen molar-refractivity contribution in [2.75, 3.05) is 6.61 Å². The quantitative estimate of drug-likeness (QED) is 0.0755. The number of hydrogen-bond donors (Lipinski definition) is 2. The van der Waals surface area contributed by atoms with Gasteiger partial charge in [-0.3, -0.25) is 4.79 Å². The van der Waals surface area contributed by atoms with Gasteiger partial charge in [0, 0.05) is 6.92 Å². The molecule has 0 radical (unpaired) electrons. The van der Waals surface area contributed by atoms with Gasteiger partial charge in [0.05, 0.1) is 19.8 Å². The lowest BCUT2D eigenvalue weighted by atomic mass is 9.80. The van der Waals surface area contributed by atoms with E-state index in [1.165, 1.54) is 6.92 Å². The molecule has 0 aliphatic carbocycles. The van der Waals surface area contributed by atoms with Gasteiger partial charge in [0.2, 0.25) is 10.8 Å². The molecule has 0 aromatic heterocycles. The molecule has 50 heavy (non-hydrogen) atoms. The lowest BCUT2D eigenvalue weighted by Gasteiger charge is -2.44. The van der Waals surface area contributed by atoms with Crippen LogP contribution in [0.15, 0.2) is 157 Å². The number of rotatable bonds is 14. The first kappa shape index (κ1) is 34.6. The molecule has 0 bridgehead atoms. The lowest BCUT2D eigenvalue weighted by Crippen LogP contribution is -2.65. The standard InChI is InChI=1S/C41H40N4O5/c1-30(46)43-38-39(47-27-31-17-7-2-8-18-31)37(44-45-42)36(50-40(38)48-28-32-19-9-3-10-20-32)29-49-41(33-21-11-4-12-22-33,34-23-13-5-14-24-34)35-25-15-6-16-26-35/h2-26,36-40,42H,27-29H2,1H3/p+1. The molecule has 1 aliphatic rings. The van der Waals surface area contributed by atoms with Crippen LogP contribution in [-0.4, -0.2) is 43.1 Å². The molecule has 1 amide bonds. The zero-order valence-corrected chi connectivity index (χ0v) is 27.9. The smallest absolute Gasteiger partial charge is 0.217 e. The molecule has 5 aromatic carbocycles. The fourth-order valence-corrected chi connectivity index (χ4v) is 6.49. The summed E-state index contributed by atoms with van der Waals surface area (Å²) in [6.07, 6.45) is -2.51. The SMILES string of the molecule is CC(=O)NC1C(OCc2ccccc2)OC(COC(c2ccccc2)(c2ccccc2)c2ccccc2)C(N=[N+]=N)C1OCc1ccccc1. The Labute approximate surface area is 292 Å². The van der Waals surface area contributed by atoms with Crippen molar-refractivity contribution in [3.05, 3.63) is 179 Å². The number of nitrogens with zero attached hydrogens (tertiary/aromatic N) is 2. The molecule has 5 atom stereocenters. The van der Waals surface area contributed by atoms with Crippen molar-refractivity contribution in [3.8, 4) is 0 Å². The van der Waals surface area contributed by atoms with E-state index in [1.54, 1.807) is 0 Å². The number of nitrogens with one attached hydrogen (secondary N) is 2. The van der Waals surface area contributed by atoms with Crippen LogP contribution in [0.2, 0.25) is 0 Å². The molecule has 1 heterocycles. The molecular weight excluding hydrogens is 628 g/mol. The highest BCUT2D eigenvalue weighted by molar-refractivity contribution is 5.73. The molecule has 9 nitrogen and oxygen atoms in total. The predicted octanol–water partition coefficient (Wildman–Crippen LogP) is 6.95. The van der Waals surface area contributed by atoms with Gasteiger partial charge in [-0.25, -0.2) is 0 Å². The van der Waals surface area contributed by atoms with Crippen molar-refractivity contribution in [2.45, 2.75) is 56.3 Å². The molecule has 5 unspecified atom stereocenters. The average molecular weight is 670 g/mol. The van der Waals surface area contributed by atoms with Crippen LogP contribution in [0.1, 0.15) is 34.7 Å². The van der Waals surface area contributed by atoms with Crippen molar-refractivity contribution < 1.29 is 23.7 Å². The highest BCUT2D eigenvalue weighted by Gasteiger charge is 2.52. The molecule has 254 valence electrons. The Balaban J connectivity index is 1.40. The highest BCUT2D eigenvalue weighted by atomic mass is 16.7. The molecular formula is C41H41N4O5+. The minimum atomic E-state index is -1.04. The van der Waals surface area contributed by atoms with E-state index in [4.69, 9.17) is 24.5 Å². The number of amides is 1. The molecule has 9 heteroatoms. The van der Waals surface area contributed by atoms with Gasteiger partial charge in [0.25, 0.3) is 0 Å². The maximum absolute atomic E-state index is 12.6. The van der Waals surface area contributed by atoms with Gasteiger partial charge in [0.15, 0.2) is 12.3 Å². The van der Waals surface area contributed by atoms with Crippen LogP contribution in [0, 0.1) is 5.53 Å². The third-order valence-corrected chi connectivity index (χ3v) is 8.78. The van der Waals surface area contributed by atoms with Gasteiger partial charge in [0.1, 0.15) is 34.5 Å². The number of carbonyl (C=O) groups is 1. The molecule has 0 spiro atoms. The zero-order valence-electron chi connectivity index (χ0n) is 27.9. The van der Waals surface area contributed by atoms with Gasteiger partial charge < -0.3 is 24.3 Å². The maximum Gasteiger partial charge on any atom is 0.217 e. The second-order valence-corrected chi connectivity index (χ2v) is 12.1. The summed E-state index contributed by atoms with van der Waals surface area (Å²) < 4.78 is 26.8. The molecule has 1 aliphatic heterocycles. The summed E-state index contributed by atoms with van der Waals surface area (Å²) in [5.74, 6) is -0.285. The third-order valence-electron chi connectivity index (χ3n) is 8.78. The number of ether oxygens (including phenoxy) is 4. The molecule has 1 saturated heterocycles. The highest BCUT2D eigenvalue weighted by Crippen LogP contribution is 2.41. The molecule has 2 N–H and O–H groups in total. The molecule has 5 aromatic rings. The second kappa shape index (κ2) is 16.9. The first-order chi connectivity index (χ1) is 24.6. The van der Waals surface area contributed by atoms with Gasteiger partial charge in [-0.2, -0.15) is 0 Å². The summed E-state index contributed by atoms with van der Waals surface area (Å²) in [5, 5.41) is 7.34. The molecule has 0 saturated carbocycles. The normalized spacial score (nSPS) is 20.4. The van der Waals surface area contributed by atoms with Crippen LogP contribution in [0.5, 0.6) is 0 Å². The minimum Gasteiger partial charge on any atom is -0.369 e. The monoisotopic (exact) mass is 669 g/mol. The predicted molar refractivity (Wildman–Crippen MR) is 189 cm³/mol. The fourth-order valence-electron chi connectivity index (χ4n) is 6.49. The Kier molecular flexibility index (Phi) is 11.7. The maximum atomic E-state index is 12.6.